The number of esters is 1. The van der Waals surface area contributed by atoms with Gasteiger partial charge in [0.05, 0.1) is 6.42 Å². The zero-order valence-electron chi connectivity index (χ0n) is 21.3. The summed E-state index contributed by atoms with van der Waals surface area (Å²) < 4.78 is 11.1. The Bertz CT molecular complexity index is 1060. The average molecular weight is 493 g/mol. The van der Waals surface area contributed by atoms with Crippen LogP contribution in [0.4, 0.5) is 4.79 Å². The number of ether oxygens (including phenoxy) is 2. The molecule has 192 valence electrons. The molecule has 7 heteroatoms. The van der Waals surface area contributed by atoms with Gasteiger partial charge < -0.3 is 20.1 Å². The second-order valence-corrected chi connectivity index (χ2v) is 10.7. The number of alkyl carbamates (subject to hydrolysis) is 1. The van der Waals surface area contributed by atoms with Crippen LogP contribution in [0.2, 0.25) is 0 Å². The number of nitrogens with one attached hydrogen (secondary N) is 2. The summed E-state index contributed by atoms with van der Waals surface area (Å²) in [6, 6.07) is 15.1. The Morgan fingerprint density at radius 2 is 1.50 bits per heavy atom. The first-order chi connectivity index (χ1) is 17.2. The van der Waals surface area contributed by atoms with Gasteiger partial charge in [-0.2, -0.15) is 0 Å². The van der Waals surface area contributed by atoms with Crippen LogP contribution in [0.15, 0.2) is 48.5 Å². The van der Waals surface area contributed by atoms with Gasteiger partial charge in [-0.05, 0) is 55.9 Å². The van der Waals surface area contributed by atoms with Crippen molar-refractivity contribution in [1.82, 2.24) is 10.6 Å². The molecule has 1 atom stereocenters. The lowest BCUT2D eigenvalue weighted by molar-refractivity contribution is -0.158. The first-order valence-corrected chi connectivity index (χ1v) is 12.8. The third-order valence-corrected chi connectivity index (χ3v) is 6.69. The van der Waals surface area contributed by atoms with E-state index in [1.165, 1.54) is 6.42 Å². The molecule has 0 aromatic heterocycles. The molecule has 7 nitrogen and oxygen atoms in total. The van der Waals surface area contributed by atoms with E-state index in [1.807, 2.05) is 36.4 Å². The fourth-order valence-corrected chi connectivity index (χ4v) is 5.07. The minimum atomic E-state index is -1.14. The van der Waals surface area contributed by atoms with Crippen molar-refractivity contribution in [3.8, 4) is 11.1 Å². The van der Waals surface area contributed by atoms with Gasteiger partial charge >= 0.3 is 12.1 Å². The quantitative estimate of drug-likeness (QED) is 0.526. The molecule has 0 radical (unpaired) electrons. The molecule has 1 saturated carbocycles. The number of carbonyl (C=O) groups excluding carboxylic acids is 3. The minimum Gasteiger partial charge on any atom is -0.458 e. The third-order valence-electron chi connectivity index (χ3n) is 6.69. The number of fused-ring (bicyclic) bond motifs is 3. The van der Waals surface area contributed by atoms with Crippen LogP contribution in [-0.4, -0.2) is 42.3 Å². The molecule has 0 unspecified atom stereocenters. The molecule has 2 N–H and O–H groups in total. The molecule has 0 bridgehead atoms. The molecular weight excluding hydrogens is 456 g/mol. The van der Waals surface area contributed by atoms with E-state index in [1.54, 1.807) is 20.8 Å². The smallest absolute Gasteiger partial charge is 0.407 e. The summed E-state index contributed by atoms with van der Waals surface area (Å²) in [5.74, 6) is -1.04. The summed E-state index contributed by atoms with van der Waals surface area (Å²) in [5.41, 5.74) is 3.71. The number of rotatable bonds is 7. The molecule has 2 aliphatic carbocycles. The highest BCUT2D eigenvalue weighted by molar-refractivity contribution is 5.88. The van der Waals surface area contributed by atoms with Crippen LogP contribution in [0.5, 0.6) is 0 Å². The molecule has 2 aliphatic rings. The van der Waals surface area contributed by atoms with Crippen molar-refractivity contribution < 1.29 is 23.9 Å². The van der Waals surface area contributed by atoms with E-state index >= 15 is 0 Å². The van der Waals surface area contributed by atoms with Gasteiger partial charge in [0.2, 0.25) is 5.91 Å². The zero-order chi connectivity index (χ0) is 25.7. The molecular formula is C29H36N2O5. The molecule has 0 heterocycles. The maximum absolute atomic E-state index is 12.8. The van der Waals surface area contributed by atoms with E-state index in [0.29, 0.717) is 0 Å². The number of amides is 2. The van der Waals surface area contributed by atoms with Crippen LogP contribution >= 0.6 is 0 Å². The van der Waals surface area contributed by atoms with E-state index in [4.69, 9.17) is 9.47 Å². The van der Waals surface area contributed by atoms with Crippen molar-refractivity contribution in [2.24, 2.45) is 0 Å². The fourth-order valence-electron chi connectivity index (χ4n) is 5.07. The van der Waals surface area contributed by atoms with Gasteiger partial charge in [-0.25, -0.2) is 9.59 Å². The van der Waals surface area contributed by atoms with Crippen LogP contribution in [0.1, 0.15) is 76.3 Å². The van der Waals surface area contributed by atoms with Gasteiger partial charge in [0.25, 0.3) is 0 Å². The molecule has 2 amide bonds. The molecule has 36 heavy (non-hydrogen) atoms. The standard InChI is InChI=1S/C29H36N2O5/c1-29(2,3)36-27(33)25(17-26(32)30-19-11-5-4-6-12-19)31-28(34)35-18-24-22-15-9-7-13-20(22)21-14-8-10-16-23(21)24/h7-10,13-16,19,24-25H,4-6,11-12,17-18H2,1-3H3,(H,30,32)(H,31,34)/t25-/m0/s1. The van der Waals surface area contributed by atoms with Crippen molar-refractivity contribution in [3.63, 3.8) is 0 Å². The zero-order valence-corrected chi connectivity index (χ0v) is 21.3. The molecule has 0 aliphatic heterocycles. The molecule has 0 spiro atoms. The summed E-state index contributed by atoms with van der Waals surface area (Å²) in [4.78, 5) is 38.3. The molecule has 2 aromatic rings. The van der Waals surface area contributed by atoms with Crippen LogP contribution in [0, 0.1) is 0 Å². The number of hydrogen-bond acceptors (Lipinski definition) is 5. The van der Waals surface area contributed by atoms with Crippen molar-refractivity contribution in [2.75, 3.05) is 6.61 Å². The van der Waals surface area contributed by atoms with E-state index in [9.17, 15) is 14.4 Å². The molecule has 1 fully saturated rings. The second kappa shape index (κ2) is 11.1. The minimum absolute atomic E-state index is 0.0993. The number of carbonyl (C=O) groups is 3. The van der Waals surface area contributed by atoms with Gasteiger partial charge in [-0.3, -0.25) is 4.79 Å². The van der Waals surface area contributed by atoms with Gasteiger partial charge in [0.15, 0.2) is 0 Å². The summed E-state index contributed by atoms with van der Waals surface area (Å²) in [7, 11) is 0. The van der Waals surface area contributed by atoms with Crippen molar-refractivity contribution >= 4 is 18.0 Å². The van der Waals surface area contributed by atoms with E-state index in [0.717, 1.165) is 47.9 Å². The van der Waals surface area contributed by atoms with Gasteiger partial charge in [-0.1, -0.05) is 67.8 Å². The van der Waals surface area contributed by atoms with Crippen molar-refractivity contribution in [1.29, 1.82) is 0 Å². The summed E-state index contributed by atoms with van der Waals surface area (Å²) in [6.45, 7) is 5.36. The van der Waals surface area contributed by atoms with E-state index in [-0.39, 0.29) is 30.9 Å². The Hall–Kier alpha value is -3.35. The monoisotopic (exact) mass is 492 g/mol. The summed E-state index contributed by atoms with van der Waals surface area (Å²) in [6.07, 6.45) is 4.26. The Labute approximate surface area is 212 Å². The highest BCUT2D eigenvalue weighted by Gasteiger charge is 2.32. The van der Waals surface area contributed by atoms with E-state index in [2.05, 4.69) is 22.8 Å². The SMILES string of the molecule is CC(C)(C)OC(=O)[C@H](CC(=O)NC1CCCCC1)NC(=O)OCC1c2ccccc2-c2ccccc21. The van der Waals surface area contributed by atoms with E-state index < -0.39 is 23.7 Å². The lowest BCUT2D eigenvalue weighted by atomic mass is 9.95. The lowest BCUT2D eigenvalue weighted by Gasteiger charge is -2.26. The van der Waals surface area contributed by atoms with Crippen LogP contribution in [0.3, 0.4) is 0 Å². The lowest BCUT2D eigenvalue weighted by Crippen LogP contribution is -2.48. The van der Waals surface area contributed by atoms with Gasteiger partial charge in [0.1, 0.15) is 18.2 Å². The highest BCUT2D eigenvalue weighted by atomic mass is 16.6. The topological polar surface area (TPSA) is 93.7 Å². The van der Waals surface area contributed by atoms with Crippen LogP contribution < -0.4 is 10.6 Å². The molecule has 2 aromatic carbocycles. The first-order valence-electron chi connectivity index (χ1n) is 12.8. The van der Waals surface area contributed by atoms with Crippen LogP contribution in [0.25, 0.3) is 11.1 Å². The number of benzene rings is 2. The van der Waals surface area contributed by atoms with Gasteiger partial charge in [0, 0.05) is 12.0 Å². The van der Waals surface area contributed by atoms with Crippen molar-refractivity contribution in [2.45, 2.75) is 82.9 Å². The summed E-state index contributed by atoms with van der Waals surface area (Å²) in [5, 5.41) is 5.58. The Balaban J connectivity index is 1.40. The molecule has 4 rings (SSSR count). The Morgan fingerprint density at radius 1 is 0.917 bits per heavy atom. The second-order valence-electron chi connectivity index (χ2n) is 10.7. The Kier molecular flexibility index (Phi) is 7.97. The van der Waals surface area contributed by atoms with Crippen molar-refractivity contribution in [3.05, 3.63) is 59.7 Å². The Morgan fingerprint density at radius 3 is 2.08 bits per heavy atom. The average Bonchev–Trinajstić information content (AvgIpc) is 3.15. The maximum atomic E-state index is 12.8. The third kappa shape index (κ3) is 6.45. The van der Waals surface area contributed by atoms with Crippen LogP contribution in [-0.2, 0) is 19.1 Å². The predicted molar refractivity (Wildman–Crippen MR) is 137 cm³/mol. The number of hydrogen-bond donors (Lipinski definition) is 2. The fraction of sp³-hybridized carbons (Fsp3) is 0.483. The predicted octanol–water partition coefficient (Wildman–Crippen LogP) is 5.07. The maximum Gasteiger partial charge on any atom is 0.407 e. The molecule has 0 saturated heterocycles. The normalized spacial score (nSPS) is 16.4. The summed E-state index contributed by atoms with van der Waals surface area (Å²) >= 11 is 0. The first kappa shape index (κ1) is 25.7. The van der Waals surface area contributed by atoms with Gasteiger partial charge in [-0.15, -0.1) is 0 Å². The largest absolute Gasteiger partial charge is 0.458 e. The highest BCUT2D eigenvalue weighted by Crippen LogP contribution is 2.44.